The van der Waals surface area contributed by atoms with Crippen molar-refractivity contribution in [2.45, 2.75) is 0 Å². The third kappa shape index (κ3) is 2910. The van der Waals surface area contributed by atoms with E-state index in [2.05, 4.69) is 0 Å². The van der Waals surface area contributed by atoms with Gasteiger partial charge in [-0.25, -0.2) is 0 Å². The molecular formula is H11CoN6O2-5. The van der Waals surface area contributed by atoms with Crippen LogP contribution in [0, 0.1) is 4.91 Å². The monoisotopic (exact) mass is 186 g/mol. The summed E-state index contributed by atoms with van der Waals surface area (Å²) in [5, 5.41) is 7.89. The van der Waals surface area contributed by atoms with Gasteiger partial charge in [-0.3, -0.25) is 0 Å². The predicted octanol–water partition coefficient (Wildman–Crippen LogP) is 3.72. The van der Waals surface area contributed by atoms with E-state index in [4.69, 9.17) is 10.1 Å². The fraction of sp³-hybridized carbons (Fsp3) is 0. The summed E-state index contributed by atoms with van der Waals surface area (Å²) in [5.74, 6) is 0. The molecule has 0 aliphatic carbocycles. The van der Waals surface area contributed by atoms with Crippen molar-refractivity contribution in [1.29, 1.82) is 0 Å². The Labute approximate surface area is 63.8 Å². The van der Waals surface area contributed by atoms with Gasteiger partial charge in [-0.15, -0.1) is 4.91 Å². The molecule has 0 aliphatic heterocycles. The Kier molecular flexibility index (Phi) is 13700. The molecule has 0 aromatic heterocycles. The van der Waals surface area contributed by atoms with Crippen LogP contribution in [0.1, 0.15) is 0 Å². The van der Waals surface area contributed by atoms with Gasteiger partial charge < -0.3 is 36.0 Å². The van der Waals surface area contributed by atoms with Gasteiger partial charge in [0.15, 0.2) is 5.34 Å². The molecule has 0 atom stereocenters. The topological polar surface area (TPSA) is 217 Å². The zero-order chi connectivity index (χ0) is 2.71. The first-order chi connectivity index (χ1) is 1.41. The van der Waals surface area contributed by atoms with Gasteiger partial charge in [-0.2, -0.15) is 0 Å². The minimum absolute atomic E-state index is 0. The summed E-state index contributed by atoms with van der Waals surface area (Å²) < 4.78 is 0. The van der Waals surface area contributed by atoms with E-state index in [9.17, 15) is 0 Å². The second-order valence-corrected chi connectivity index (χ2v) is 0.0816. The number of hydrogen-bond donors (Lipinski definition) is 1. The molecule has 0 aliphatic rings. The van der Waals surface area contributed by atoms with Crippen LogP contribution in [-0.2, 0) is 16.8 Å². The SMILES string of the molecule is O=NO.[Co].[NH2-].[NH2-].[NH2-].[NH2-].[NH2-]. The summed E-state index contributed by atoms with van der Waals surface area (Å²) in [6.45, 7) is 0. The first kappa shape index (κ1) is 178. The molecular weight excluding hydrogens is 175 g/mol. The zero-order valence-corrected chi connectivity index (χ0v) is 5.56. The Bertz CT molecular complexity index is 18.5. The van der Waals surface area contributed by atoms with Crippen LogP contribution >= 0.6 is 0 Å². The van der Waals surface area contributed by atoms with E-state index in [1.807, 2.05) is 0 Å². The largest absolute Gasteiger partial charge is 0.693 e. The smallest absolute Gasteiger partial charge is 0.152 e. The van der Waals surface area contributed by atoms with Gasteiger partial charge in [0.1, 0.15) is 0 Å². The molecule has 0 saturated heterocycles. The van der Waals surface area contributed by atoms with Crippen LogP contribution in [0.15, 0.2) is 5.34 Å². The maximum absolute atomic E-state index is 8.11. The molecule has 9 heteroatoms. The van der Waals surface area contributed by atoms with E-state index in [1.54, 1.807) is 0 Å². The molecule has 0 amide bonds. The Balaban J connectivity index is -0.00000000133. The van der Waals surface area contributed by atoms with E-state index in [-0.39, 0.29) is 47.5 Å². The van der Waals surface area contributed by atoms with Gasteiger partial charge in [0.05, 0.1) is 0 Å². The molecule has 0 saturated carbocycles. The summed E-state index contributed by atoms with van der Waals surface area (Å²) >= 11 is 0. The van der Waals surface area contributed by atoms with Crippen molar-refractivity contribution < 1.29 is 22.0 Å². The third-order valence-electron chi connectivity index (χ3n) is 0. The summed E-state index contributed by atoms with van der Waals surface area (Å²) in [4.78, 5) is 8.11. The molecule has 0 bridgehead atoms. The zero-order valence-electron chi connectivity index (χ0n) is 4.52. The molecule has 1 radical (unpaired) electrons. The van der Waals surface area contributed by atoms with Crippen molar-refractivity contribution in [3.63, 3.8) is 0 Å². The van der Waals surface area contributed by atoms with Crippen LogP contribution < -0.4 is 0 Å². The van der Waals surface area contributed by atoms with E-state index in [0.717, 1.165) is 0 Å². The number of hydrogen-bond acceptors (Lipinski definition) is 2. The van der Waals surface area contributed by atoms with Crippen molar-refractivity contribution in [1.82, 2.24) is 0 Å². The Morgan fingerprint density at radius 1 is 0.889 bits per heavy atom. The molecule has 11 N–H and O–H groups in total. The normalized spacial score (nSPS) is 1.33. The standard InChI is InChI=1S/Co.HNO2.5H2N/c;2-1-3;;;;;/h;(H,2,3);5*1H2/q;;5*-1. The van der Waals surface area contributed by atoms with Crippen LogP contribution in [0.5, 0.6) is 0 Å². The molecule has 0 aromatic rings. The van der Waals surface area contributed by atoms with E-state index in [0.29, 0.717) is 0 Å². The maximum Gasteiger partial charge on any atom is 0.152 e. The molecule has 0 spiro atoms. The summed E-state index contributed by atoms with van der Waals surface area (Å²) in [5.41, 5.74) is 0. The second kappa shape index (κ2) is 694. The van der Waals surface area contributed by atoms with Crippen LogP contribution in [-0.4, -0.2) is 5.21 Å². The Morgan fingerprint density at radius 2 is 0.889 bits per heavy atom. The first-order valence-electron chi connectivity index (χ1n) is 0.383. The van der Waals surface area contributed by atoms with Gasteiger partial charge in [-0.1, -0.05) is 0 Å². The third-order valence-corrected chi connectivity index (χ3v) is 0. The van der Waals surface area contributed by atoms with Crippen LogP contribution in [0.3, 0.4) is 0 Å². The minimum atomic E-state index is 0. The molecule has 0 unspecified atom stereocenters. The quantitative estimate of drug-likeness (QED) is 0.441. The van der Waals surface area contributed by atoms with Crippen molar-refractivity contribution in [3.05, 3.63) is 35.7 Å². The second-order valence-electron chi connectivity index (χ2n) is 0.0816. The predicted molar refractivity (Wildman–Crippen MR) is 34.0 cm³/mol. The average Bonchev–Trinajstić information content (AvgIpc) is 0.918. The molecule has 8 nitrogen and oxygen atoms in total. The number of nitrogens with zero attached hydrogens (tertiary/aromatic N) is 1. The summed E-state index contributed by atoms with van der Waals surface area (Å²) in [7, 11) is 0. The Morgan fingerprint density at radius 3 is 0.889 bits per heavy atom. The number of rotatable bonds is 0. The van der Waals surface area contributed by atoms with Gasteiger partial charge in [0.2, 0.25) is 0 Å². The molecule has 0 heterocycles. The van der Waals surface area contributed by atoms with E-state index >= 15 is 0 Å². The number of nitrogens with two attached hydrogens (primary N) is 5. The van der Waals surface area contributed by atoms with Crippen LogP contribution in [0.25, 0.3) is 30.8 Å². The molecule has 0 fully saturated rings. The van der Waals surface area contributed by atoms with Crippen LogP contribution in [0.2, 0.25) is 0 Å². The van der Waals surface area contributed by atoms with E-state index in [1.165, 1.54) is 5.34 Å². The fourth-order valence-electron chi connectivity index (χ4n) is 0. The summed E-state index contributed by atoms with van der Waals surface area (Å²) in [6.07, 6.45) is 0. The molecule has 9 heavy (non-hydrogen) atoms. The van der Waals surface area contributed by atoms with Crippen molar-refractivity contribution in [3.8, 4) is 0 Å². The van der Waals surface area contributed by atoms with Crippen molar-refractivity contribution >= 4 is 0 Å². The summed E-state index contributed by atoms with van der Waals surface area (Å²) in [6, 6.07) is 0. The Hall–Kier alpha value is -0.294. The molecule has 67 valence electrons. The molecule has 0 aromatic carbocycles. The van der Waals surface area contributed by atoms with Crippen molar-refractivity contribution in [2.75, 3.05) is 0 Å². The van der Waals surface area contributed by atoms with Gasteiger partial charge in [0, 0.05) is 16.8 Å². The van der Waals surface area contributed by atoms with Crippen LogP contribution in [0.4, 0.5) is 0 Å². The van der Waals surface area contributed by atoms with Gasteiger partial charge in [-0.05, 0) is 0 Å². The van der Waals surface area contributed by atoms with Gasteiger partial charge in [0.25, 0.3) is 0 Å². The average molecular weight is 186 g/mol. The first-order valence-corrected chi connectivity index (χ1v) is 0.383. The molecule has 0 rings (SSSR count). The maximum atomic E-state index is 8.11. The fourth-order valence-corrected chi connectivity index (χ4v) is 0. The van der Waals surface area contributed by atoms with E-state index < -0.39 is 0 Å². The van der Waals surface area contributed by atoms with Gasteiger partial charge >= 0.3 is 0 Å². The minimum Gasteiger partial charge on any atom is -0.693 e. The van der Waals surface area contributed by atoms with Crippen molar-refractivity contribution in [2.24, 2.45) is 5.34 Å².